The molecule has 0 radical (unpaired) electrons. The normalized spacial score (nSPS) is 48.6. The molecule has 2 saturated heterocycles. The third kappa shape index (κ3) is 1.56. The predicted octanol–water partition coefficient (Wildman–Crippen LogP) is 0.271. The van der Waals surface area contributed by atoms with Gasteiger partial charge >= 0.3 is 0 Å². The highest BCUT2D eigenvalue weighted by molar-refractivity contribution is 4.93. The number of aliphatic hydroxyl groups is 2. The molecule has 0 aromatic rings. The smallest absolute Gasteiger partial charge is 0.195 e. The molecule has 0 aliphatic carbocycles. The summed E-state index contributed by atoms with van der Waals surface area (Å²) in [5, 5.41) is 19.0. The molecule has 0 bridgehead atoms. The average molecular weight is 202 g/mol. The van der Waals surface area contributed by atoms with Crippen molar-refractivity contribution >= 4 is 0 Å². The van der Waals surface area contributed by atoms with E-state index in [1.165, 1.54) is 0 Å². The number of ether oxygens (including phenoxy) is 2. The van der Waals surface area contributed by atoms with E-state index in [1.807, 2.05) is 6.92 Å². The first-order valence-electron chi connectivity index (χ1n) is 5.28. The Balaban J connectivity index is 2.08. The van der Waals surface area contributed by atoms with Crippen molar-refractivity contribution in [2.45, 2.75) is 44.2 Å². The number of hydrogen-bond acceptors (Lipinski definition) is 4. The van der Waals surface area contributed by atoms with Crippen LogP contribution in [-0.2, 0) is 9.47 Å². The van der Waals surface area contributed by atoms with Crippen molar-refractivity contribution in [3.05, 3.63) is 0 Å². The van der Waals surface area contributed by atoms with Crippen LogP contribution in [0.1, 0.15) is 26.2 Å². The Morgan fingerprint density at radius 1 is 1.50 bits per heavy atom. The molecule has 2 aliphatic rings. The quantitative estimate of drug-likeness (QED) is 0.641. The van der Waals surface area contributed by atoms with Crippen LogP contribution in [0.4, 0.5) is 0 Å². The minimum atomic E-state index is -0.828. The van der Waals surface area contributed by atoms with Gasteiger partial charge in [0, 0.05) is 12.3 Å². The van der Waals surface area contributed by atoms with E-state index in [2.05, 4.69) is 0 Å². The van der Waals surface area contributed by atoms with Gasteiger partial charge in [-0.25, -0.2) is 0 Å². The molecule has 4 atom stereocenters. The molecule has 0 amide bonds. The average Bonchev–Trinajstić information content (AvgIpc) is 2.45. The predicted molar refractivity (Wildman–Crippen MR) is 49.7 cm³/mol. The molecule has 2 heterocycles. The Morgan fingerprint density at radius 2 is 2.29 bits per heavy atom. The van der Waals surface area contributed by atoms with Crippen molar-refractivity contribution in [3.63, 3.8) is 0 Å². The van der Waals surface area contributed by atoms with E-state index in [9.17, 15) is 5.11 Å². The molecule has 4 heteroatoms. The summed E-state index contributed by atoms with van der Waals surface area (Å²) >= 11 is 0. The zero-order valence-electron chi connectivity index (χ0n) is 8.48. The second-order valence-corrected chi connectivity index (χ2v) is 4.33. The molecule has 0 unspecified atom stereocenters. The third-order valence-corrected chi connectivity index (χ3v) is 3.21. The first-order valence-corrected chi connectivity index (χ1v) is 5.28. The van der Waals surface area contributed by atoms with Crippen molar-refractivity contribution in [3.8, 4) is 0 Å². The molecular weight excluding hydrogens is 184 g/mol. The Kier molecular flexibility index (Phi) is 2.79. The lowest BCUT2D eigenvalue weighted by molar-refractivity contribution is -0.284. The molecule has 0 aromatic carbocycles. The van der Waals surface area contributed by atoms with Gasteiger partial charge in [0.25, 0.3) is 0 Å². The molecule has 4 nitrogen and oxygen atoms in total. The lowest BCUT2D eigenvalue weighted by atomic mass is 9.93. The standard InChI is InChI=1S/C10H18O4/c1-7-3-2-4-10(14-7)9(12)8(5-11)6-13-10/h7-9,11-12H,2-6H2,1H3/t7-,8-,9-,10+/m0/s1. The van der Waals surface area contributed by atoms with Crippen LogP contribution in [0.5, 0.6) is 0 Å². The van der Waals surface area contributed by atoms with Crippen molar-refractivity contribution in [2.24, 2.45) is 5.92 Å². The molecule has 2 N–H and O–H groups in total. The van der Waals surface area contributed by atoms with Crippen LogP contribution in [-0.4, -0.2) is 41.4 Å². The van der Waals surface area contributed by atoms with E-state index in [1.54, 1.807) is 0 Å². The van der Waals surface area contributed by atoms with Gasteiger partial charge in [-0.05, 0) is 19.8 Å². The van der Waals surface area contributed by atoms with Crippen LogP contribution in [0.2, 0.25) is 0 Å². The van der Waals surface area contributed by atoms with Gasteiger partial charge < -0.3 is 19.7 Å². The van der Waals surface area contributed by atoms with Gasteiger partial charge in [0.1, 0.15) is 6.10 Å². The Labute approximate surface area is 83.8 Å². The first-order chi connectivity index (χ1) is 6.68. The minimum Gasteiger partial charge on any atom is -0.396 e. The zero-order valence-corrected chi connectivity index (χ0v) is 8.48. The van der Waals surface area contributed by atoms with Gasteiger partial charge in [-0.2, -0.15) is 0 Å². The second kappa shape index (κ2) is 3.77. The SMILES string of the molecule is C[C@H]1CCC[C@@]2(OC[C@H](CO)[C@@H]2O)O1. The molecule has 14 heavy (non-hydrogen) atoms. The summed E-state index contributed by atoms with van der Waals surface area (Å²) in [6, 6.07) is 0. The van der Waals surface area contributed by atoms with E-state index in [0.29, 0.717) is 6.61 Å². The van der Waals surface area contributed by atoms with Crippen LogP contribution in [0.15, 0.2) is 0 Å². The Hall–Kier alpha value is -0.160. The first kappa shape index (κ1) is 10.4. The monoisotopic (exact) mass is 202 g/mol. The van der Waals surface area contributed by atoms with Gasteiger partial charge in [-0.1, -0.05) is 0 Å². The zero-order chi connectivity index (χ0) is 10.2. The maximum Gasteiger partial charge on any atom is 0.195 e. The van der Waals surface area contributed by atoms with Gasteiger partial charge in [-0.3, -0.25) is 0 Å². The van der Waals surface area contributed by atoms with Crippen molar-refractivity contribution in [1.82, 2.24) is 0 Å². The van der Waals surface area contributed by atoms with E-state index in [0.717, 1.165) is 19.3 Å². The van der Waals surface area contributed by atoms with Gasteiger partial charge in [-0.15, -0.1) is 0 Å². The topological polar surface area (TPSA) is 58.9 Å². The second-order valence-electron chi connectivity index (χ2n) is 4.33. The van der Waals surface area contributed by atoms with Crippen LogP contribution in [0.3, 0.4) is 0 Å². The maximum absolute atomic E-state index is 9.97. The Bertz CT molecular complexity index is 208. The lowest BCUT2D eigenvalue weighted by Crippen LogP contribution is -2.49. The summed E-state index contributed by atoms with van der Waals surface area (Å²) in [5.41, 5.74) is 0. The molecule has 2 rings (SSSR count). The van der Waals surface area contributed by atoms with Crippen molar-refractivity contribution < 1.29 is 19.7 Å². The van der Waals surface area contributed by atoms with Crippen LogP contribution < -0.4 is 0 Å². The molecule has 82 valence electrons. The molecule has 2 fully saturated rings. The van der Waals surface area contributed by atoms with Gasteiger partial charge in [0.2, 0.25) is 0 Å². The van der Waals surface area contributed by atoms with Crippen molar-refractivity contribution in [2.75, 3.05) is 13.2 Å². The summed E-state index contributed by atoms with van der Waals surface area (Å²) in [5.74, 6) is -1.02. The summed E-state index contributed by atoms with van der Waals surface area (Å²) < 4.78 is 11.2. The number of aliphatic hydroxyl groups excluding tert-OH is 2. The highest BCUT2D eigenvalue weighted by Crippen LogP contribution is 2.40. The maximum atomic E-state index is 9.97. The highest BCUT2D eigenvalue weighted by atomic mass is 16.7. The Morgan fingerprint density at radius 3 is 2.86 bits per heavy atom. The summed E-state index contributed by atoms with van der Waals surface area (Å²) in [4.78, 5) is 0. The summed E-state index contributed by atoms with van der Waals surface area (Å²) in [6.45, 7) is 2.34. The molecule has 1 spiro atoms. The molecular formula is C10H18O4. The molecule has 2 aliphatic heterocycles. The summed E-state index contributed by atoms with van der Waals surface area (Å²) in [7, 11) is 0. The largest absolute Gasteiger partial charge is 0.396 e. The number of hydrogen-bond donors (Lipinski definition) is 2. The van der Waals surface area contributed by atoms with E-state index >= 15 is 0 Å². The van der Waals surface area contributed by atoms with E-state index in [-0.39, 0.29) is 18.6 Å². The van der Waals surface area contributed by atoms with E-state index < -0.39 is 11.9 Å². The molecule has 0 aromatic heterocycles. The van der Waals surface area contributed by atoms with Crippen LogP contribution in [0, 0.1) is 5.92 Å². The lowest BCUT2D eigenvalue weighted by Gasteiger charge is -2.39. The van der Waals surface area contributed by atoms with E-state index in [4.69, 9.17) is 14.6 Å². The van der Waals surface area contributed by atoms with Crippen molar-refractivity contribution in [1.29, 1.82) is 0 Å². The number of rotatable bonds is 1. The van der Waals surface area contributed by atoms with Gasteiger partial charge in [0.05, 0.1) is 19.3 Å². The third-order valence-electron chi connectivity index (χ3n) is 3.21. The van der Waals surface area contributed by atoms with Gasteiger partial charge in [0.15, 0.2) is 5.79 Å². The van der Waals surface area contributed by atoms with Crippen LogP contribution in [0.25, 0.3) is 0 Å². The highest BCUT2D eigenvalue weighted by Gasteiger charge is 2.51. The fourth-order valence-electron chi connectivity index (χ4n) is 2.35. The van der Waals surface area contributed by atoms with Crippen LogP contribution >= 0.6 is 0 Å². The minimum absolute atomic E-state index is 0.0410. The fraction of sp³-hybridized carbons (Fsp3) is 1.00. The fourth-order valence-corrected chi connectivity index (χ4v) is 2.35. The summed E-state index contributed by atoms with van der Waals surface area (Å²) in [6.07, 6.45) is 2.21. The molecule has 0 saturated carbocycles.